The Morgan fingerprint density at radius 2 is 2.00 bits per heavy atom. The average Bonchev–Trinajstić information content (AvgIpc) is 2.12. The standard InChI is InChI=1S/C10H15ClO3/c1-7-5-6-8(11)9(12)3-2-4-10(13)14-7/h7-8H,2-6H2,1H3. The summed E-state index contributed by atoms with van der Waals surface area (Å²) in [5.41, 5.74) is 0. The van der Waals surface area contributed by atoms with E-state index in [1.54, 1.807) is 0 Å². The first-order valence-electron chi connectivity index (χ1n) is 4.96. The number of esters is 1. The van der Waals surface area contributed by atoms with E-state index in [0.29, 0.717) is 32.1 Å². The average molecular weight is 219 g/mol. The van der Waals surface area contributed by atoms with Gasteiger partial charge in [0.15, 0.2) is 5.78 Å². The molecule has 0 aromatic rings. The van der Waals surface area contributed by atoms with Crippen LogP contribution in [0.3, 0.4) is 0 Å². The van der Waals surface area contributed by atoms with Crippen LogP contribution in [0.4, 0.5) is 0 Å². The van der Waals surface area contributed by atoms with Gasteiger partial charge in [0.1, 0.15) is 0 Å². The Morgan fingerprint density at radius 1 is 1.29 bits per heavy atom. The third kappa shape index (κ3) is 3.66. The second kappa shape index (κ2) is 5.35. The quantitative estimate of drug-likeness (QED) is 0.462. The summed E-state index contributed by atoms with van der Waals surface area (Å²) in [4.78, 5) is 22.5. The minimum absolute atomic E-state index is 0.0496. The lowest BCUT2D eigenvalue weighted by Gasteiger charge is -2.17. The van der Waals surface area contributed by atoms with Crippen molar-refractivity contribution in [3.8, 4) is 0 Å². The number of carbonyl (C=O) groups excluding carboxylic acids is 2. The van der Waals surface area contributed by atoms with Crippen molar-refractivity contribution in [3.63, 3.8) is 0 Å². The summed E-state index contributed by atoms with van der Waals surface area (Å²) in [5.74, 6) is -0.160. The first-order valence-corrected chi connectivity index (χ1v) is 5.39. The molecular weight excluding hydrogens is 204 g/mol. The second-order valence-electron chi connectivity index (χ2n) is 3.67. The molecule has 80 valence electrons. The fourth-order valence-corrected chi connectivity index (χ4v) is 1.68. The molecule has 3 nitrogen and oxygen atoms in total. The molecule has 1 aliphatic heterocycles. The summed E-state index contributed by atoms with van der Waals surface area (Å²) in [5, 5.41) is -0.408. The van der Waals surface area contributed by atoms with E-state index in [9.17, 15) is 9.59 Å². The molecule has 0 aliphatic carbocycles. The number of hydrogen-bond acceptors (Lipinski definition) is 3. The molecular formula is C10H15ClO3. The maximum Gasteiger partial charge on any atom is 0.306 e. The Morgan fingerprint density at radius 3 is 2.71 bits per heavy atom. The number of halogens is 1. The van der Waals surface area contributed by atoms with Gasteiger partial charge in [-0.2, -0.15) is 0 Å². The van der Waals surface area contributed by atoms with E-state index in [4.69, 9.17) is 16.3 Å². The van der Waals surface area contributed by atoms with E-state index in [-0.39, 0.29) is 17.9 Å². The van der Waals surface area contributed by atoms with Crippen LogP contribution in [0, 0.1) is 0 Å². The van der Waals surface area contributed by atoms with Gasteiger partial charge in [-0.1, -0.05) is 0 Å². The predicted octanol–water partition coefficient (Wildman–Crippen LogP) is 2.06. The number of alkyl halides is 1. The van der Waals surface area contributed by atoms with Crippen LogP contribution >= 0.6 is 11.6 Å². The molecule has 14 heavy (non-hydrogen) atoms. The summed E-state index contributed by atoms with van der Waals surface area (Å²) in [6.07, 6.45) is 2.38. The Kier molecular flexibility index (Phi) is 4.39. The van der Waals surface area contributed by atoms with Gasteiger partial charge in [-0.3, -0.25) is 9.59 Å². The van der Waals surface area contributed by atoms with Gasteiger partial charge in [-0.15, -0.1) is 11.6 Å². The number of carbonyl (C=O) groups is 2. The first kappa shape index (κ1) is 11.5. The van der Waals surface area contributed by atoms with E-state index in [1.807, 2.05) is 6.92 Å². The minimum atomic E-state index is -0.408. The van der Waals surface area contributed by atoms with Crippen molar-refractivity contribution in [3.05, 3.63) is 0 Å². The zero-order chi connectivity index (χ0) is 10.6. The largest absolute Gasteiger partial charge is 0.463 e. The van der Waals surface area contributed by atoms with Crippen molar-refractivity contribution in [1.82, 2.24) is 0 Å². The van der Waals surface area contributed by atoms with Gasteiger partial charge in [-0.25, -0.2) is 0 Å². The maximum atomic E-state index is 11.4. The van der Waals surface area contributed by atoms with Crippen molar-refractivity contribution in [2.45, 2.75) is 50.5 Å². The molecule has 0 aromatic heterocycles. The summed E-state index contributed by atoms with van der Waals surface area (Å²) in [7, 11) is 0. The van der Waals surface area contributed by atoms with Crippen LogP contribution < -0.4 is 0 Å². The molecule has 0 aromatic carbocycles. The number of hydrogen-bond donors (Lipinski definition) is 0. The summed E-state index contributed by atoms with van der Waals surface area (Å²) in [6.45, 7) is 1.83. The van der Waals surface area contributed by atoms with Gasteiger partial charge >= 0.3 is 5.97 Å². The summed E-state index contributed by atoms with van der Waals surface area (Å²) >= 11 is 5.88. The molecule has 4 heteroatoms. The fraction of sp³-hybridized carbons (Fsp3) is 0.800. The topological polar surface area (TPSA) is 43.4 Å². The highest BCUT2D eigenvalue weighted by atomic mass is 35.5. The number of ketones is 1. The molecule has 0 N–H and O–H groups in total. The molecule has 0 bridgehead atoms. The molecule has 2 unspecified atom stereocenters. The molecule has 0 amide bonds. The van der Waals surface area contributed by atoms with Crippen molar-refractivity contribution in [2.24, 2.45) is 0 Å². The van der Waals surface area contributed by atoms with Gasteiger partial charge in [0.25, 0.3) is 0 Å². The number of ether oxygens (including phenoxy) is 1. The predicted molar refractivity (Wildman–Crippen MR) is 53.3 cm³/mol. The molecule has 1 aliphatic rings. The zero-order valence-electron chi connectivity index (χ0n) is 8.29. The van der Waals surface area contributed by atoms with Crippen LogP contribution in [0.2, 0.25) is 0 Å². The Hall–Kier alpha value is -0.570. The monoisotopic (exact) mass is 218 g/mol. The van der Waals surface area contributed by atoms with Crippen molar-refractivity contribution in [1.29, 1.82) is 0 Å². The summed E-state index contributed by atoms with van der Waals surface area (Å²) in [6, 6.07) is 0. The Labute approximate surface area is 88.8 Å². The SMILES string of the molecule is CC1CCC(Cl)C(=O)CCCC(=O)O1. The normalized spacial score (nSPS) is 31.0. The molecule has 1 rings (SSSR count). The smallest absolute Gasteiger partial charge is 0.306 e. The first-order chi connectivity index (χ1) is 6.59. The van der Waals surface area contributed by atoms with Crippen molar-refractivity contribution < 1.29 is 14.3 Å². The number of Topliss-reactive ketones (excluding diaryl/α,β-unsaturated/α-hetero) is 1. The maximum absolute atomic E-state index is 11.4. The van der Waals surface area contributed by atoms with Crippen LogP contribution in [-0.2, 0) is 14.3 Å². The van der Waals surface area contributed by atoms with Crippen molar-refractivity contribution in [2.75, 3.05) is 0 Å². The Bertz CT molecular complexity index is 227. The van der Waals surface area contributed by atoms with Gasteiger partial charge < -0.3 is 4.74 Å². The van der Waals surface area contributed by atoms with Gasteiger partial charge in [0, 0.05) is 12.8 Å². The second-order valence-corrected chi connectivity index (χ2v) is 4.19. The molecule has 0 saturated carbocycles. The highest BCUT2D eigenvalue weighted by molar-refractivity contribution is 6.31. The van der Waals surface area contributed by atoms with Crippen molar-refractivity contribution >= 4 is 23.4 Å². The van der Waals surface area contributed by atoms with E-state index in [0.717, 1.165) is 0 Å². The zero-order valence-corrected chi connectivity index (χ0v) is 9.05. The summed E-state index contributed by atoms with van der Waals surface area (Å²) < 4.78 is 5.10. The molecule has 0 radical (unpaired) electrons. The van der Waals surface area contributed by atoms with Gasteiger partial charge in [0.2, 0.25) is 0 Å². The lowest BCUT2D eigenvalue weighted by Crippen LogP contribution is -2.22. The lowest BCUT2D eigenvalue weighted by atomic mass is 10.0. The van der Waals surface area contributed by atoms with Gasteiger partial charge in [0.05, 0.1) is 11.5 Å². The molecule has 1 saturated heterocycles. The van der Waals surface area contributed by atoms with Crippen LogP contribution in [0.1, 0.15) is 39.0 Å². The highest BCUT2D eigenvalue weighted by Crippen LogP contribution is 2.16. The minimum Gasteiger partial charge on any atom is -0.463 e. The lowest BCUT2D eigenvalue weighted by molar-refractivity contribution is -0.148. The highest BCUT2D eigenvalue weighted by Gasteiger charge is 2.20. The van der Waals surface area contributed by atoms with E-state index in [1.165, 1.54) is 0 Å². The van der Waals surface area contributed by atoms with E-state index >= 15 is 0 Å². The molecule has 0 spiro atoms. The fourth-order valence-electron chi connectivity index (χ4n) is 1.45. The van der Waals surface area contributed by atoms with Crippen LogP contribution in [0.25, 0.3) is 0 Å². The third-order valence-corrected chi connectivity index (χ3v) is 2.77. The van der Waals surface area contributed by atoms with Gasteiger partial charge in [-0.05, 0) is 26.2 Å². The number of rotatable bonds is 0. The Balaban J connectivity index is 2.51. The number of cyclic esters (lactones) is 1. The molecule has 1 heterocycles. The molecule has 2 atom stereocenters. The van der Waals surface area contributed by atoms with Crippen LogP contribution in [0.15, 0.2) is 0 Å². The van der Waals surface area contributed by atoms with E-state index < -0.39 is 5.38 Å². The third-order valence-electron chi connectivity index (χ3n) is 2.31. The van der Waals surface area contributed by atoms with E-state index in [2.05, 4.69) is 0 Å². The molecule has 1 fully saturated rings. The van der Waals surface area contributed by atoms with Crippen LogP contribution in [0.5, 0.6) is 0 Å². The van der Waals surface area contributed by atoms with Crippen LogP contribution in [-0.4, -0.2) is 23.2 Å².